The van der Waals surface area contributed by atoms with E-state index in [0.29, 0.717) is 6.54 Å². The summed E-state index contributed by atoms with van der Waals surface area (Å²) >= 11 is 0. The van der Waals surface area contributed by atoms with Gasteiger partial charge in [-0.05, 0) is 26.3 Å². The summed E-state index contributed by atoms with van der Waals surface area (Å²) in [5.74, 6) is -0.111. The number of carbonyl (C=O) groups excluding carboxylic acids is 2. The molecular formula is C14H28ClN3O2. The van der Waals surface area contributed by atoms with Crippen molar-refractivity contribution in [1.29, 1.82) is 0 Å². The molecule has 6 heteroatoms. The largest absolute Gasteiger partial charge is 0.354 e. The molecule has 0 saturated heterocycles. The Morgan fingerprint density at radius 2 is 1.80 bits per heavy atom. The van der Waals surface area contributed by atoms with Crippen LogP contribution in [0.3, 0.4) is 0 Å². The molecule has 0 bridgehead atoms. The summed E-state index contributed by atoms with van der Waals surface area (Å²) in [6.45, 7) is 3.04. The maximum atomic E-state index is 12.4. The maximum absolute atomic E-state index is 12.4. The van der Waals surface area contributed by atoms with Crippen molar-refractivity contribution in [1.82, 2.24) is 16.0 Å². The van der Waals surface area contributed by atoms with Gasteiger partial charge in [0.2, 0.25) is 11.8 Å². The van der Waals surface area contributed by atoms with Gasteiger partial charge in [0.25, 0.3) is 0 Å². The highest BCUT2D eigenvalue weighted by Gasteiger charge is 2.40. The minimum absolute atomic E-state index is 0. The van der Waals surface area contributed by atoms with Gasteiger partial charge >= 0.3 is 0 Å². The quantitative estimate of drug-likeness (QED) is 0.622. The molecule has 0 aromatic rings. The van der Waals surface area contributed by atoms with E-state index in [-0.39, 0.29) is 30.8 Å². The van der Waals surface area contributed by atoms with Gasteiger partial charge in [0.05, 0.1) is 6.54 Å². The lowest BCUT2D eigenvalue weighted by Gasteiger charge is -2.36. The zero-order chi connectivity index (χ0) is 14.1. The molecule has 1 rings (SSSR count). The van der Waals surface area contributed by atoms with Gasteiger partial charge in [-0.3, -0.25) is 9.59 Å². The minimum Gasteiger partial charge on any atom is -0.354 e. The number of carbonyl (C=O) groups is 2. The van der Waals surface area contributed by atoms with Crippen LogP contribution >= 0.6 is 12.4 Å². The first-order valence-electron chi connectivity index (χ1n) is 7.38. The fourth-order valence-corrected chi connectivity index (χ4v) is 2.58. The van der Waals surface area contributed by atoms with Gasteiger partial charge in [-0.25, -0.2) is 0 Å². The number of hydrogen-bond donors (Lipinski definition) is 3. The second-order valence-electron chi connectivity index (χ2n) is 5.33. The lowest BCUT2D eigenvalue weighted by molar-refractivity contribution is -0.134. The highest BCUT2D eigenvalue weighted by molar-refractivity contribution is 5.92. The smallest absolute Gasteiger partial charge is 0.245 e. The first-order chi connectivity index (χ1) is 9.14. The van der Waals surface area contributed by atoms with E-state index < -0.39 is 5.54 Å². The molecule has 20 heavy (non-hydrogen) atoms. The molecule has 0 radical (unpaired) electrons. The molecule has 0 unspecified atom stereocenters. The second kappa shape index (κ2) is 10.00. The van der Waals surface area contributed by atoms with Crippen LogP contribution in [0, 0.1) is 0 Å². The van der Waals surface area contributed by atoms with Gasteiger partial charge in [0.1, 0.15) is 5.54 Å². The number of hydrogen-bond acceptors (Lipinski definition) is 3. The van der Waals surface area contributed by atoms with Crippen LogP contribution in [0.15, 0.2) is 0 Å². The molecule has 5 nitrogen and oxygen atoms in total. The zero-order valence-electron chi connectivity index (χ0n) is 12.6. The van der Waals surface area contributed by atoms with E-state index in [0.717, 1.165) is 44.9 Å². The summed E-state index contributed by atoms with van der Waals surface area (Å²) in [6, 6.07) is 0. The lowest BCUT2D eigenvalue weighted by atomic mass is 9.80. The van der Waals surface area contributed by atoms with Crippen molar-refractivity contribution in [3.8, 4) is 0 Å². The van der Waals surface area contributed by atoms with E-state index in [1.54, 1.807) is 7.05 Å². The molecule has 0 aromatic carbocycles. The molecule has 0 spiro atoms. The Bertz CT molecular complexity index is 305. The number of halogens is 1. The Kier molecular flexibility index (Phi) is 9.59. The van der Waals surface area contributed by atoms with E-state index in [2.05, 4.69) is 22.9 Å². The van der Waals surface area contributed by atoms with Crippen LogP contribution in [-0.4, -0.2) is 37.5 Å². The number of rotatable bonds is 7. The Balaban J connectivity index is 0.00000361. The minimum atomic E-state index is -0.681. The van der Waals surface area contributed by atoms with Crippen molar-refractivity contribution >= 4 is 24.2 Å². The lowest BCUT2D eigenvalue weighted by Crippen LogP contribution is -2.60. The number of unbranched alkanes of at least 4 members (excludes halogenated alkanes) is 1. The molecule has 118 valence electrons. The van der Waals surface area contributed by atoms with Crippen LogP contribution in [0.1, 0.15) is 51.9 Å². The van der Waals surface area contributed by atoms with E-state index in [4.69, 9.17) is 0 Å². The number of amides is 2. The first kappa shape index (κ1) is 19.2. The van der Waals surface area contributed by atoms with E-state index >= 15 is 0 Å². The number of nitrogens with one attached hydrogen (secondary N) is 3. The maximum Gasteiger partial charge on any atom is 0.245 e. The Morgan fingerprint density at radius 3 is 2.35 bits per heavy atom. The third kappa shape index (κ3) is 5.67. The standard InChI is InChI=1S/C14H27N3O2.ClH/c1-3-4-10-16-13(19)14(8-6-5-7-9-14)17-12(18)11-15-2;/h15H,3-11H2,1-2H3,(H,16,19)(H,17,18);1H. The van der Waals surface area contributed by atoms with Crippen molar-refractivity contribution < 1.29 is 9.59 Å². The highest BCUT2D eigenvalue weighted by Crippen LogP contribution is 2.28. The van der Waals surface area contributed by atoms with Gasteiger partial charge in [-0.1, -0.05) is 32.6 Å². The molecule has 0 atom stereocenters. The molecule has 0 aliphatic heterocycles. The monoisotopic (exact) mass is 305 g/mol. The van der Waals surface area contributed by atoms with Crippen LogP contribution in [0.5, 0.6) is 0 Å². The SMILES string of the molecule is CCCCNC(=O)C1(NC(=O)CNC)CCCCC1.Cl. The van der Waals surface area contributed by atoms with Crippen LogP contribution in [0.2, 0.25) is 0 Å². The molecule has 1 aliphatic rings. The van der Waals surface area contributed by atoms with Crippen LogP contribution in [0.25, 0.3) is 0 Å². The normalized spacial score (nSPS) is 16.9. The predicted molar refractivity (Wildman–Crippen MR) is 83.1 cm³/mol. The third-order valence-corrected chi connectivity index (χ3v) is 3.67. The zero-order valence-corrected chi connectivity index (χ0v) is 13.4. The van der Waals surface area contributed by atoms with Crippen molar-refractivity contribution in [2.75, 3.05) is 20.1 Å². The second-order valence-corrected chi connectivity index (χ2v) is 5.33. The van der Waals surface area contributed by atoms with Crippen molar-refractivity contribution in [3.63, 3.8) is 0 Å². The predicted octanol–water partition coefficient (Wildman–Crippen LogP) is 1.36. The molecule has 0 aromatic heterocycles. The topological polar surface area (TPSA) is 70.2 Å². The summed E-state index contributed by atoms with van der Waals surface area (Å²) in [5, 5.41) is 8.74. The van der Waals surface area contributed by atoms with Crippen LogP contribution < -0.4 is 16.0 Å². The van der Waals surface area contributed by atoms with Gasteiger partial charge < -0.3 is 16.0 Å². The van der Waals surface area contributed by atoms with Gasteiger partial charge in [0.15, 0.2) is 0 Å². The molecule has 1 aliphatic carbocycles. The van der Waals surface area contributed by atoms with Crippen LogP contribution in [0.4, 0.5) is 0 Å². The van der Waals surface area contributed by atoms with Crippen molar-refractivity contribution in [2.45, 2.75) is 57.4 Å². The Morgan fingerprint density at radius 1 is 1.15 bits per heavy atom. The highest BCUT2D eigenvalue weighted by atomic mass is 35.5. The summed E-state index contributed by atoms with van der Waals surface area (Å²) in [4.78, 5) is 24.2. The first-order valence-corrected chi connectivity index (χ1v) is 7.38. The van der Waals surface area contributed by atoms with Gasteiger partial charge in [-0.2, -0.15) is 0 Å². The molecule has 1 fully saturated rings. The van der Waals surface area contributed by atoms with E-state index in [9.17, 15) is 9.59 Å². The van der Waals surface area contributed by atoms with Crippen molar-refractivity contribution in [3.05, 3.63) is 0 Å². The third-order valence-electron chi connectivity index (χ3n) is 3.67. The Hall–Kier alpha value is -0.810. The number of likely N-dealkylation sites (N-methyl/N-ethyl adjacent to an activating group) is 1. The summed E-state index contributed by atoms with van der Waals surface area (Å²) < 4.78 is 0. The molecule has 3 N–H and O–H groups in total. The summed E-state index contributed by atoms with van der Waals surface area (Å²) in [6.07, 6.45) is 6.68. The van der Waals surface area contributed by atoms with Gasteiger partial charge in [0, 0.05) is 6.54 Å². The van der Waals surface area contributed by atoms with E-state index in [1.165, 1.54) is 0 Å². The summed E-state index contributed by atoms with van der Waals surface area (Å²) in [7, 11) is 1.73. The molecule has 2 amide bonds. The Labute approximate surface area is 128 Å². The molecular weight excluding hydrogens is 278 g/mol. The van der Waals surface area contributed by atoms with Crippen LogP contribution in [-0.2, 0) is 9.59 Å². The average molecular weight is 306 g/mol. The average Bonchev–Trinajstić information content (AvgIpc) is 2.40. The van der Waals surface area contributed by atoms with Crippen molar-refractivity contribution in [2.24, 2.45) is 0 Å². The van der Waals surface area contributed by atoms with E-state index in [1.807, 2.05) is 0 Å². The van der Waals surface area contributed by atoms with Gasteiger partial charge in [-0.15, -0.1) is 12.4 Å². The molecule has 0 heterocycles. The molecule has 1 saturated carbocycles. The fourth-order valence-electron chi connectivity index (χ4n) is 2.58. The summed E-state index contributed by atoms with van der Waals surface area (Å²) in [5.41, 5.74) is -0.681. The fraction of sp³-hybridized carbons (Fsp3) is 0.857.